The molecule has 1 aromatic carbocycles. The van der Waals surface area contributed by atoms with Crippen molar-refractivity contribution in [2.75, 3.05) is 17.6 Å². The van der Waals surface area contributed by atoms with Crippen molar-refractivity contribution in [1.29, 1.82) is 0 Å². The van der Waals surface area contributed by atoms with E-state index in [-0.39, 0.29) is 0 Å². The van der Waals surface area contributed by atoms with Gasteiger partial charge in [-0.15, -0.1) is 0 Å². The van der Waals surface area contributed by atoms with Gasteiger partial charge in [0.1, 0.15) is 0 Å². The highest BCUT2D eigenvalue weighted by Crippen LogP contribution is 2.23. The maximum atomic E-state index is 11.5. The summed E-state index contributed by atoms with van der Waals surface area (Å²) in [5.41, 5.74) is 6.38. The molecule has 0 heterocycles. The zero-order chi connectivity index (χ0) is 13.5. The van der Waals surface area contributed by atoms with Crippen molar-refractivity contribution < 1.29 is 9.59 Å². The van der Waals surface area contributed by atoms with Gasteiger partial charge in [0.25, 0.3) is 0 Å². The lowest BCUT2D eigenvalue weighted by Crippen LogP contribution is -2.35. The van der Waals surface area contributed by atoms with Gasteiger partial charge in [0.15, 0.2) is 0 Å². The molecule has 0 saturated carbocycles. The minimum Gasteiger partial charge on any atom is -0.399 e. The van der Waals surface area contributed by atoms with E-state index < -0.39 is 11.8 Å². The molecule has 0 saturated heterocycles. The minimum atomic E-state index is -0.738. The first-order valence-electron chi connectivity index (χ1n) is 5.68. The van der Waals surface area contributed by atoms with Crippen LogP contribution in [0.25, 0.3) is 0 Å². The fraction of sp³-hybridized carbons (Fsp3) is 0.333. The summed E-state index contributed by atoms with van der Waals surface area (Å²) in [4.78, 5) is 22.9. The van der Waals surface area contributed by atoms with E-state index in [4.69, 9.17) is 17.3 Å². The van der Waals surface area contributed by atoms with Crippen LogP contribution in [-0.4, -0.2) is 18.4 Å². The van der Waals surface area contributed by atoms with Crippen LogP contribution in [-0.2, 0) is 9.59 Å². The number of carbonyl (C=O) groups is 2. The van der Waals surface area contributed by atoms with Gasteiger partial charge in [0, 0.05) is 12.2 Å². The standard InChI is InChI=1S/C12H16ClN3O2/c1-2-3-6-15-11(17)12(18)16-10-5-4-8(14)7-9(10)13/h4-5,7H,2-3,6,14H2,1H3,(H,15,17)(H,16,18). The first kappa shape index (κ1) is 14.3. The lowest BCUT2D eigenvalue weighted by atomic mass is 10.3. The van der Waals surface area contributed by atoms with Crippen molar-refractivity contribution in [2.24, 2.45) is 0 Å². The molecule has 5 nitrogen and oxygen atoms in total. The van der Waals surface area contributed by atoms with Crippen LogP contribution in [0.5, 0.6) is 0 Å². The molecule has 0 aromatic heterocycles. The van der Waals surface area contributed by atoms with Crippen LogP contribution in [0.2, 0.25) is 5.02 Å². The van der Waals surface area contributed by atoms with Crippen molar-refractivity contribution in [3.8, 4) is 0 Å². The normalized spacial score (nSPS) is 9.89. The van der Waals surface area contributed by atoms with E-state index in [1.54, 1.807) is 12.1 Å². The molecule has 0 radical (unpaired) electrons. The summed E-state index contributed by atoms with van der Waals surface area (Å²) >= 11 is 5.88. The largest absolute Gasteiger partial charge is 0.399 e. The second kappa shape index (κ2) is 6.86. The molecule has 0 aliphatic heterocycles. The van der Waals surface area contributed by atoms with E-state index in [1.165, 1.54) is 6.07 Å². The van der Waals surface area contributed by atoms with Crippen LogP contribution >= 0.6 is 11.6 Å². The molecule has 0 fully saturated rings. The van der Waals surface area contributed by atoms with E-state index in [1.807, 2.05) is 6.92 Å². The van der Waals surface area contributed by atoms with Crippen molar-refractivity contribution in [3.05, 3.63) is 23.2 Å². The molecule has 4 N–H and O–H groups in total. The molecular weight excluding hydrogens is 254 g/mol. The first-order chi connectivity index (χ1) is 8.54. The van der Waals surface area contributed by atoms with Crippen LogP contribution < -0.4 is 16.4 Å². The third-order valence-electron chi connectivity index (χ3n) is 2.26. The number of nitrogen functional groups attached to an aromatic ring is 1. The Labute approximate surface area is 111 Å². The topological polar surface area (TPSA) is 84.2 Å². The molecule has 1 aromatic rings. The second-order valence-corrected chi connectivity index (χ2v) is 4.21. The number of carbonyl (C=O) groups excluding carboxylic acids is 2. The van der Waals surface area contributed by atoms with Crippen LogP contribution in [0.1, 0.15) is 19.8 Å². The Morgan fingerprint density at radius 2 is 2.06 bits per heavy atom. The Morgan fingerprint density at radius 3 is 2.67 bits per heavy atom. The molecule has 0 unspecified atom stereocenters. The minimum absolute atomic E-state index is 0.296. The average molecular weight is 270 g/mol. The maximum absolute atomic E-state index is 11.5. The quantitative estimate of drug-likeness (QED) is 0.442. The van der Waals surface area contributed by atoms with Crippen molar-refractivity contribution >= 4 is 34.8 Å². The number of anilines is 2. The van der Waals surface area contributed by atoms with Crippen LogP contribution in [0.3, 0.4) is 0 Å². The summed E-state index contributed by atoms with van der Waals surface area (Å²) in [6.07, 6.45) is 1.79. The summed E-state index contributed by atoms with van der Waals surface area (Å²) in [6, 6.07) is 4.65. The van der Waals surface area contributed by atoms with E-state index in [0.29, 0.717) is 22.9 Å². The number of benzene rings is 1. The maximum Gasteiger partial charge on any atom is 0.313 e. The fourth-order valence-electron chi connectivity index (χ4n) is 1.27. The molecule has 18 heavy (non-hydrogen) atoms. The molecule has 98 valence electrons. The van der Waals surface area contributed by atoms with E-state index in [0.717, 1.165) is 12.8 Å². The Balaban J connectivity index is 2.56. The third-order valence-corrected chi connectivity index (χ3v) is 2.58. The van der Waals surface area contributed by atoms with Gasteiger partial charge < -0.3 is 16.4 Å². The van der Waals surface area contributed by atoms with E-state index in [9.17, 15) is 9.59 Å². The molecule has 0 bridgehead atoms. The van der Waals surface area contributed by atoms with E-state index in [2.05, 4.69) is 10.6 Å². The number of nitrogens with one attached hydrogen (secondary N) is 2. The van der Waals surface area contributed by atoms with Crippen molar-refractivity contribution in [1.82, 2.24) is 5.32 Å². The Hall–Kier alpha value is -1.75. The highest BCUT2D eigenvalue weighted by atomic mass is 35.5. The Kier molecular flexibility index (Phi) is 5.45. The Morgan fingerprint density at radius 1 is 1.33 bits per heavy atom. The van der Waals surface area contributed by atoms with Crippen LogP contribution in [0, 0.1) is 0 Å². The van der Waals surface area contributed by atoms with Gasteiger partial charge in [0.05, 0.1) is 10.7 Å². The summed E-state index contributed by atoms with van der Waals surface area (Å²) in [5, 5.41) is 5.24. The summed E-state index contributed by atoms with van der Waals surface area (Å²) in [7, 11) is 0. The second-order valence-electron chi connectivity index (χ2n) is 3.80. The molecule has 0 aliphatic carbocycles. The number of unbranched alkanes of at least 4 members (excludes halogenated alkanes) is 1. The van der Waals surface area contributed by atoms with Gasteiger partial charge in [-0.25, -0.2) is 0 Å². The molecule has 6 heteroatoms. The average Bonchev–Trinajstić information content (AvgIpc) is 2.32. The van der Waals surface area contributed by atoms with Gasteiger partial charge >= 0.3 is 11.8 Å². The number of halogens is 1. The predicted molar refractivity (Wildman–Crippen MR) is 72.4 cm³/mol. The lowest BCUT2D eigenvalue weighted by molar-refractivity contribution is -0.136. The SMILES string of the molecule is CCCCNC(=O)C(=O)Nc1ccc(N)cc1Cl. The van der Waals surface area contributed by atoms with Gasteiger partial charge in [0.2, 0.25) is 0 Å². The summed E-state index contributed by atoms with van der Waals surface area (Å²) in [6.45, 7) is 2.48. The van der Waals surface area contributed by atoms with E-state index >= 15 is 0 Å². The molecule has 1 rings (SSSR count). The fourth-order valence-corrected chi connectivity index (χ4v) is 1.51. The number of hydrogen-bond donors (Lipinski definition) is 3. The van der Waals surface area contributed by atoms with Crippen LogP contribution in [0.4, 0.5) is 11.4 Å². The van der Waals surface area contributed by atoms with Gasteiger partial charge in [-0.1, -0.05) is 24.9 Å². The van der Waals surface area contributed by atoms with Crippen molar-refractivity contribution in [3.63, 3.8) is 0 Å². The molecule has 0 atom stereocenters. The predicted octanol–water partition coefficient (Wildman–Crippen LogP) is 1.78. The zero-order valence-electron chi connectivity index (χ0n) is 10.1. The molecule has 2 amide bonds. The van der Waals surface area contributed by atoms with Gasteiger partial charge in [-0.05, 0) is 24.6 Å². The highest BCUT2D eigenvalue weighted by Gasteiger charge is 2.14. The summed E-state index contributed by atoms with van der Waals surface area (Å²) < 4.78 is 0. The molecule has 0 spiro atoms. The zero-order valence-corrected chi connectivity index (χ0v) is 10.9. The van der Waals surface area contributed by atoms with Gasteiger partial charge in [-0.2, -0.15) is 0 Å². The first-order valence-corrected chi connectivity index (χ1v) is 6.06. The Bertz CT molecular complexity index is 449. The number of amides is 2. The lowest BCUT2D eigenvalue weighted by Gasteiger charge is -2.08. The number of rotatable bonds is 4. The number of hydrogen-bond acceptors (Lipinski definition) is 3. The number of nitrogens with two attached hydrogens (primary N) is 1. The third kappa shape index (κ3) is 4.25. The molecule has 0 aliphatic rings. The highest BCUT2D eigenvalue weighted by molar-refractivity contribution is 6.41. The van der Waals surface area contributed by atoms with Crippen LogP contribution in [0.15, 0.2) is 18.2 Å². The molecular formula is C12H16ClN3O2. The van der Waals surface area contributed by atoms with Crippen molar-refractivity contribution in [2.45, 2.75) is 19.8 Å². The smallest absolute Gasteiger partial charge is 0.313 e. The summed E-state index contributed by atoms with van der Waals surface area (Å²) in [5.74, 6) is -1.41. The van der Waals surface area contributed by atoms with Gasteiger partial charge in [-0.3, -0.25) is 9.59 Å². The monoisotopic (exact) mass is 269 g/mol.